The molecule has 0 spiro atoms. The van der Waals surface area contributed by atoms with E-state index in [4.69, 9.17) is 21.1 Å². The van der Waals surface area contributed by atoms with Crippen molar-refractivity contribution in [3.8, 4) is 11.6 Å². The van der Waals surface area contributed by atoms with Crippen LogP contribution in [0.1, 0.15) is 15.9 Å². The number of carbonyl (C=O) groups excluding carboxylic acids is 1. The number of ether oxygens (including phenoxy) is 2. The number of halogens is 1. The molecule has 104 valence electrons. The van der Waals surface area contributed by atoms with E-state index in [9.17, 15) is 9.59 Å². The van der Waals surface area contributed by atoms with Crippen LogP contribution in [0.15, 0.2) is 35.3 Å². The highest BCUT2D eigenvalue weighted by Crippen LogP contribution is 2.22. The minimum atomic E-state index is -0.548. The maximum atomic E-state index is 12.4. The molecule has 0 saturated heterocycles. The number of ketones is 1. The second kappa shape index (κ2) is 5.79. The molecule has 0 fully saturated rings. The van der Waals surface area contributed by atoms with Gasteiger partial charge in [-0.1, -0.05) is 23.7 Å². The van der Waals surface area contributed by atoms with Crippen molar-refractivity contribution < 1.29 is 14.3 Å². The van der Waals surface area contributed by atoms with Gasteiger partial charge >= 0.3 is 0 Å². The summed E-state index contributed by atoms with van der Waals surface area (Å²) in [6, 6.07) is 6.52. The molecule has 0 atom stereocenters. The molecule has 6 heteroatoms. The molecule has 1 N–H and O–H groups in total. The van der Waals surface area contributed by atoms with Gasteiger partial charge in [-0.2, -0.15) is 0 Å². The van der Waals surface area contributed by atoms with Crippen molar-refractivity contribution in [1.29, 1.82) is 0 Å². The molecule has 1 aromatic heterocycles. The van der Waals surface area contributed by atoms with Gasteiger partial charge in [-0.25, -0.2) is 0 Å². The van der Waals surface area contributed by atoms with Crippen molar-refractivity contribution in [3.05, 3.63) is 56.8 Å². The number of methoxy groups -OCH3 is 2. The second-order valence-electron chi connectivity index (χ2n) is 3.91. The lowest BCUT2D eigenvalue weighted by molar-refractivity contribution is 0.103. The van der Waals surface area contributed by atoms with Crippen LogP contribution in [-0.4, -0.2) is 25.0 Å². The molecule has 20 heavy (non-hydrogen) atoms. The van der Waals surface area contributed by atoms with E-state index in [1.807, 2.05) is 0 Å². The number of H-pyrrole nitrogens is 1. The quantitative estimate of drug-likeness (QED) is 0.878. The Morgan fingerprint density at radius 1 is 1.15 bits per heavy atom. The SMILES string of the molecule is COc1[nH]cc(C(=O)c2ccccc2Cl)c(=O)c1OC. The van der Waals surface area contributed by atoms with Gasteiger partial charge in [0.1, 0.15) is 0 Å². The maximum absolute atomic E-state index is 12.4. The van der Waals surface area contributed by atoms with E-state index in [2.05, 4.69) is 4.98 Å². The van der Waals surface area contributed by atoms with Crippen LogP contribution in [0.25, 0.3) is 0 Å². The zero-order valence-corrected chi connectivity index (χ0v) is 11.7. The number of rotatable bonds is 4. The Morgan fingerprint density at radius 3 is 2.45 bits per heavy atom. The number of carbonyl (C=O) groups is 1. The van der Waals surface area contributed by atoms with Crippen molar-refractivity contribution >= 4 is 17.4 Å². The van der Waals surface area contributed by atoms with Crippen LogP contribution >= 0.6 is 11.6 Å². The lowest BCUT2D eigenvalue weighted by Gasteiger charge is -2.08. The molecular formula is C14H12ClNO4. The molecule has 5 nitrogen and oxygen atoms in total. The summed E-state index contributed by atoms with van der Waals surface area (Å²) in [5, 5.41) is 0.284. The normalized spacial score (nSPS) is 10.2. The summed E-state index contributed by atoms with van der Waals surface area (Å²) in [6.45, 7) is 0. The summed E-state index contributed by atoms with van der Waals surface area (Å²) in [5.74, 6) is -0.364. The number of aromatic amines is 1. The summed E-state index contributed by atoms with van der Waals surface area (Å²) < 4.78 is 9.93. The predicted octanol–water partition coefficient (Wildman–Crippen LogP) is 2.28. The Morgan fingerprint density at radius 2 is 1.85 bits per heavy atom. The van der Waals surface area contributed by atoms with Crippen molar-refractivity contribution in [2.75, 3.05) is 14.2 Å². The van der Waals surface area contributed by atoms with E-state index in [1.165, 1.54) is 20.4 Å². The average Bonchev–Trinajstić information content (AvgIpc) is 2.46. The van der Waals surface area contributed by atoms with Gasteiger partial charge in [-0.05, 0) is 12.1 Å². The third-order valence-corrected chi connectivity index (χ3v) is 3.11. The van der Waals surface area contributed by atoms with Crippen molar-refractivity contribution in [2.45, 2.75) is 0 Å². The standard InChI is InChI=1S/C14H12ClNO4/c1-19-13-12(18)9(7-16-14(13)20-2)11(17)8-5-3-4-6-10(8)15/h3-7H,1-2H3,(H,16,18). The Labute approximate surface area is 120 Å². The highest BCUT2D eigenvalue weighted by atomic mass is 35.5. The lowest BCUT2D eigenvalue weighted by Crippen LogP contribution is -2.19. The number of pyridine rings is 1. The third-order valence-electron chi connectivity index (χ3n) is 2.78. The molecule has 0 aliphatic rings. The molecule has 0 unspecified atom stereocenters. The van der Waals surface area contributed by atoms with Crippen LogP contribution in [0.2, 0.25) is 5.02 Å². The van der Waals surface area contributed by atoms with Gasteiger partial charge in [0.25, 0.3) is 0 Å². The maximum Gasteiger partial charge on any atom is 0.238 e. The van der Waals surface area contributed by atoms with Crippen LogP contribution < -0.4 is 14.9 Å². The first kappa shape index (κ1) is 14.1. The first-order chi connectivity index (χ1) is 9.60. The van der Waals surface area contributed by atoms with Crippen molar-refractivity contribution in [3.63, 3.8) is 0 Å². The smallest absolute Gasteiger partial charge is 0.238 e. The van der Waals surface area contributed by atoms with Crippen LogP contribution in [0.5, 0.6) is 11.6 Å². The average molecular weight is 294 g/mol. The van der Waals surface area contributed by atoms with Crippen LogP contribution in [0.3, 0.4) is 0 Å². The number of hydrogen-bond donors (Lipinski definition) is 1. The van der Waals surface area contributed by atoms with Crippen molar-refractivity contribution in [1.82, 2.24) is 4.98 Å². The fraction of sp³-hybridized carbons (Fsp3) is 0.143. The molecule has 0 bridgehead atoms. The number of benzene rings is 1. The summed E-state index contributed by atoms with van der Waals surface area (Å²) in [5.41, 5.74) is -0.351. The van der Waals surface area contributed by atoms with Crippen molar-refractivity contribution in [2.24, 2.45) is 0 Å². The van der Waals surface area contributed by atoms with Gasteiger partial charge in [-0.15, -0.1) is 0 Å². The fourth-order valence-electron chi connectivity index (χ4n) is 1.79. The van der Waals surface area contributed by atoms with E-state index in [0.29, 0.717) is 0 Å². The number of nitrogens with one attached hydrogen (secondary N) is 1. The summed E-state index contributed by atoms with van der Waals surface area (Å²) >= 11 is 5.96. The molecule has 0 saturated carbocycles. The Hall–Kier alpha value is -2.27. The van der Waals surface area contributed by atoms with Gasteiger partial charge < -0.3 is 14.5 Å². The summed E-state index contributed by atoms with van der Waals surface area (Å²) in [4.78, 5) is 27.3. The topological polar surface area (TPSA) is 68.4 Å². The molecule has 0 aliphatic carbocycles. The largest absolute Gasteiger partial charge is 0.488 e. The molecule has 0 aliphatic heterocycles. The number of hydrogen-bond acceptors (Lipinski definition) is 4. The highest BCUT2D eigenvalue weighted by Gasteiger charge is 2.20. The predicted molar refractivity (Wildman–Crippen MR) is 75.1 cm³/mol. The highest BCUT2D eigenvalue weighted by molar-refractivity contribution is 6.34. The second-order valence-corrected chi connectivity index (χ2v) is 4.31. The van der Waals surface area contributed by atoms with E-state index >= 15 is 0 Å². The minimum absolute atomic E-state index is 0.0506. The van der Waals surface area contributed by atoms with E-state index in [0.717, 1.165) is 0 Å². The van der Waals surface area contributed by atoms with Gasteiger partial charge in [-0.3, -0.25) is 9.59 Å². The first-order valence-corrected chi connectivity index (χ1v) is 6.10. The Balaban J connectivity index is 2.57. The lowest BCUT2D eigenvalue weighted by atomic mass is 10.0. The number of aromatic nitrogens is 1. The molecule has 1 aromatic carbocycles. The molecule has 0 radical (unpaired) electrons. The van der Waals surface area contributed by atoms with Gasteiger partial charge in [0.15, 0.2) is 5.78 Å². The van der Waals surface area contributed by atoms with E-state index in [1.54, 1.807) is 24.3 Å². The minimum Gasteiger partial charge on any atom is -0.488 e. The Kier molecular flexibility index (Phi) is 4.10. The first-order valence-electron chi connectivity index (χ1n) is 5.73. The monoisotopic (exact) mass is 293 g/mol. The zero-order valence-electron chi connectivity index (χ0n) is 10.9. The molecule has 2 aromatic rings. The molecule has 0 amide bonds. The molecule has 2 rings (SSSR count). The van der Waals surface area contributed by atoms with E-state index < -0.39 is 11.2 Å². The van der Waals surface area contributed by atoms with Crippen LogP contribution in [0.4, 0.5) is 0 Å². The molecule has 1 heterocycles. The van der Waals surface area contributed by atoms with Crippen LogP contribution in [-0.2, 0) is 0 Å². The van der Waals surface area contributed by atoms with Gasteiger partial charge in [0.05, 0.1) is 24.8 Å². The Bertz CT molecular complexity index is 709. The van der Waals surface area contributed by atoms with E-state index in [-0.39, 0.29) is 27.8 Å². The summed E-state index contributed by atoms with van der Waals surface area (Å²) in [6.07, 6.45) is 1.29. The third kappa shape index (κ3) is 2.40. The molecular weight excluding hydrogens is 282 g/mol. The zero-order chi connectivity index (χ0) is 14.7. The summed E-state index contributed by atoms with van der Waals surface area (Å²) in [7, 11) is 2.72. The van der Waals surface area contributed by atoms with Gasteiger partial charge in [0, 0.05) is 11.8 Å². The van der Waals surface area contributed by atoms with Gasteiger partial charge in [0.2, 0.25) is 17.1 Å². The van der Waals surface area contributed by atoms with Crippen LogP contribution in [0, 0.1) is 0 Å². The fourth-order valence-corrected chi connectivity index (χ4v) is 2.01.